The molecular weight excluding hydrogens is 315 g/mol. The lowest BCUT2D eigenvalue weighted by Gasteiger charge is -2.12. The number of nitrogens with one attached hydrogen (secondary N) is 1. The second-order valence-electron chi connectivity index (χ2n) is 6.51. The fourth-order valence-electron chi connectivity index (χ4n) is 3.69. The highest BCUT2D eigenvalue weighted by Gasteiger charge is 2.21. The van der Waals surface area contributed by atoms with E-state index in [1.165, 1.54) is 17.2 Å². The van der Waals surface area contributed by atoms with E-state index in [1.54, 1.807) is 24.4 Å². The Labute approximate surface area is 145 Å². The van der Waals surface area contributed by atoms with Gasteiger partial charge in [-0.3, -0.25) is 9.78 Å². The Morgan fingerprint density at radius 3 is 3.00 bits per heavy atom. The van der Waals surface area contributed by atoms with Crippen molar-refractivity contribution < 1.29 is 9.18 Å². The predicted molar refractivity (Wildman–Crippen MR) is 96.2 cm³/mol. The number of aromatic nitrogens is 1. The van der Waals surface area contributed by atoms with Crippen molar-refractivity contribution in [3.05, 3.63) is 77.2 Å². The molecule has 1 aromatic heterocycles. The van der Waals surface area contributed by atoms with Gasteiger partial charge in [0, 0.05) is 23.7 Å². The third-order valence-electron chi connectivity index (χ3n) is 4.96. The average Bonchev–Trinajstić information content (AvgIpc) is 3.05. The SMILES string of the molecule is O=C(NCCC1CCc2ccccc21)c1cc(F)c2ncccc2c1. The first-order valence-electron chi connectivity index (χ1n) is 8.62. The number of carbonyl (C=O) groups is 1. The lowest BCUT2D eigenvalue weighted by molar-refractivity contribution is 0.0952. The average molecular weight is 334 g/mol. The smallest absolute Gasteiger partial charge is 0.251 e. The molecule has 1 unspecified atom stereocenters. The molecule has 1 heterocycles. The molecule has 1 amide bonds. The fraction of sp³-hybridized carbons (Fsp3) is 0.238. The molecule has 4 heteroatoms. The Balaban J connectivity index is 1.41. The summed E-state index contributed by atoms with van der Waals surface area (Å²) in [4.78, 5) is 16.4. The van der Waals surface area contributed by atoms with Gasteiger partial charge in [-0.25, -0.2) is 4.39 Å². The van der Waals surface area contributed by atoms with E-state index in [-0.39, 0.29) is 5.91 Å². The van der Waals surface area contributed by atoms with E-state index in [1.807, 2.05) is 0 Å². The van der Waals surface area contributed by atoms with Crippen LogP contribution in [0, 0.1) is 5.82 Å². The molecule has 1 atom stereocenters. The van der Waals surface area contributed by atoms with Gasteiger partial charge in [-0.2, -0.15) is 0 Å². The van der Waals surface area contributed by atoms with Crippen LogP contribution in [0.25, 0.3) is 10.9 Å². The lowest BCUT2D eigenvalue weighted by atomic mass is 9.98. The van der Waals surface area contributed by atoms with E-state index in [0.29, 0.717) is 28.9 Å². The standard InChI is InChI=1S/C21H19FN2O/c22-19-13-17(12-16-5-3-10-23-20(16)19)21(25)24-11-9-15-8-7-14-4-1-2-6-18(14)15/h1-6,10,12-13,15H,7-9,11H2,(H,24,25). The number of aryl methyl sites for hydroxylation is 1. The number of nitrogens with zero attached hydrogens (tertiary/aromatic N) is 1. The van der Waals surface area contributed by atoms with Crippen LogP contribution in [-0.4, -0.2) is 17.4 Å². The van der Waals surface area contributed by atoms with Crippen molar-refractivity contribution in [3.8, 4) is 0 Å². The molecule has 4 rings (SSSR count). The number of hydrogen-bond acceptors (Lipinski definition) is 2. The first kappa shape index (κ1) is 15.8. The molecule has 1 N–H and O–H groups in total. The highest BCUT2D eigenvalue weighted by Crippen LogP contribution is 2.34. The van der Waals surface area contributed by atoms with Crippen molar-refractivity contribution in [2.24, 2.45) is 0 Å². The third kappa shape index (κ3) is 3.12. The Kier molecular flexibility index (Phi) is 4.18. The molecule has 0 aliphatic heterocycles. The van der Waals surface area contributed by atoms with Crippen LogP contribution in [0.1, 0.15) is 40.2 Å². The van der Waals surface area contributed by atoms with Crippen molar-refractivity contribution in [2.45, 2.75) is 25.2 Å². The van der Waals surface area contributed by atoms with Crippen molar-refractivity contribution in [2.75, 3.05) is 6.54 Å². The fourth-order valence-corrected chi connectivity index (χ4v) is 3.69. The van der Waals surface area contributed by atoms with E-state index >= 15 is 0 Å². The quantitative estimate of drug-likeness (QED) is 0.776. The Bertz CT molecular complexity index is 938. The highest BCUT2D eigenvalue weighted by molar-refractivity contribution is 5.98. The van der Waals surface area contributed by atoms with Gasteiger partial charge in [0.05, 0.1) is 0 Å². The maximum Gasteiger partial charge on any atom is 0.251 e. The van der Waals surface area contributed by atoms with E-state index in [2.05, 4.69) is 34.6 Å². The zero-order chi connectivity index (χ0) is 17.2. The minimum Gasteiger partial charge on any atom is -0.352 e. The van der Waals surface area contributed by atoms with Crippen LogP contribution >= 0.6 is 0 Å². The second-order valence-corrected chi connectivity index (χ2v) is 6.51. The number of halogens is 1. The minimum atomic E-state index is -0.465. The molecule has 0 saturated carbocycles. The number of benzene rings is 2. The molecule has 1 aliphatic rings. The summed E-state index contributed by atoms with van der Waals surface area (Å²) >= 11 is 0. The Morgan fingerprint density at radius 2 is 2.08 bits per heavy atom. The predicted octanol–water partition coefficient (Wildman–Crippen LogP) is 4.22. The van der Waals surface area contributed by atoms with Gasteiger partial charge in [-0.15, -0.1) is 0 Å². The number of hydrogen-bond donors (Lipinski definition) is 1. The van der Waals surface area contributed by atoms with Gasteiger partial charge in [-0.1, -0.05) is 30.3 Å². The monoisotopic (exact) mass is 334 g/mol. The summed E-state index contributed by atoms with van der Waals surface area (Å²) in [5.41, 5.74) is 3.45. The maximum atomic E-state index is 14.1. The molecule has 0 saturated heterocycles. The first-order valence-corrected chi connectivity index (χ1v) is 8.62. The van der Waals surface area contributed by atoms with Crippen LogP contribution in [0.3, 0.4) is 0 Å². The summed E-state index contributed by atoms with van der Waals surface area (Å²) < 4.78 is 14.1. The summed E-state index contributed by atoms with van der Waals surface area (Å²) in [7, 11) is 0. The van der Waals surface area contributed by atoms with Crippen LogP contribution in [-0.2, 0) is 6.42 Å². The summed E-state index contributed by atoms with van der Waals surface area (Å²) in [5.74, 6) is -0.210. The van der Waals surface area contributed by atoms with Crippen LogP contribution in [0.4, 0.5) is 4.39 Å². The molecule has 1 aliphatic carbocycles. The topological polar surface area (TPSA) is 42.0 Å². The van der Waals surface area contributed by atoms with Crippen molar-refractivity contribution in [1.82, 2.24) is 10.3 Å². The zero-order valence-electron chi connectivity index (χ0n) is 13.8. The van der Waals surface area contributed by atoms with E-state index in [4.69, 9.17) is 0 Å². The second kappa shape index (κ2) is 6.63. The largest absolute Gasteiger partial charge is 0.352 e. The normalized spacial score (nSPS) is 16.0. The molecule has 2 aromatic carbocycles. The van der Waals surface area contributed by atoms with Gasteiger partial charge >= 0.3 is 0 Å². The molecule has 3 aromatic rings. The Morgan fingerprint density at radius 1 is 1.20 bits per heavy atom. The van der Waals surface area contributed by atoms with Gasteiger partial charge < -0.3 is 5.32 Å². The lowest BCUT2D eigenvalue weighted by Crippen LogP contribution is -2.25. The van der Waals surface area contributed by atoms with Gasteiger partial charge in [-0.05, 0) is 54.5 Å². The zero-order valence-corrected chi connectivity index (χ0v) is 13.8. The number of pyridine rings is 1. The molecular formula is C21H19FN2O. The summed E-state index contributed by atoms with van der Waals surface area (Å²) in [6, 6.07) is 15.0. The molecule has 25 heavy (non-hydrogen) atoms. The molecule has 0 bridgehead atoms. The van der Waals surface area contributed by atoms with Crippen molar-refractivity contribution in [1.29, 1.82) is 0 Å². The van der Waals surface area contributed by atoms with E-state index < -0.39 is 5.82 Å². The number of carbonyl (C=O) groups excluding carboxylic acids is 1. The highest BCUT2D eigenvalue weighted by atomic mass is 19.1. The molecule has 126 valence electrons. The maximum absolute atomic E-state index is 14.1. The van der Waals surface area contributed by atoms with Gasteiger partial charge in [0.15, 0.2) is 0 Å². The molecule has 0 spiro atoms. The number of amides is 1. The van der Waals surface area contributed by atoms with Crippen LogP contribution in [0.5, 0.6) is 0 Å². The molecule has 0 radical (unpaired) electrons. The van der Waals surface area contributed by atoms with Crippen LogP contribution < -0.4 is 5.32 Å². The Hall–Kier alpha value is -2.75. The minimum absolute atomic E-state index is 0.240. The van der Waals surface area contributed by atoms with Crippen LogP contribution in [0.2, 0.25) is 0 Å². The molecule has 0 fully saturated rings. The van der Waals surface area contributed by atoms with Crippen LogP contribution in [0.15, 0.2) is 54.7 Å². The summed E-state index contributed by atoms with van der Waals surface area (Å²) in [6.45, 7) is 0.588. The number of rotatable bonds is 4. The summed E-state index contributed by atoms with van der Waals surface area (Å²) in [5, 5.41) is 3.56. The van der Waals surface area contributed by atoms with E-state index in [9.17, 15) is 9.18 Å². The molecule has 3 nitrogen and oxygen atoms in total. The van der Waals surface area contributed by atoms with E-state index in [0.717, 1.165) is 19.3 Å². The third-order valence-corrected chi connectivity index (χ3v) is 4.96. The number of fused-ring (bicyclic) bond motifs is 2. The van der Waals surface area contributed by atoms with Crippen molar-refractivity contribution in [3.63, 3.8) is 0 Å². The van der Waals surface area contributed by atoms with Crippen molar-refractivity contribution >= 4 is 16.8 Å². The summed E-state index contributed by atoms with van der Waals surface area (Å²) in [6.07, 6.45) is 4.69. The first-order chi connectivity index (χ1) is 12.2. The van der Waals surface area contributed by atoms with Gasteiger partial charge in [0.1, 0.15) is 11.3 Å². The van der Waals surface area contributed by atoms with Gasteiger partial charge in [0.25, 0.3) is 5.91 Å². The van der Waals surface area contributed by atoms with Gasteiger partial charge in [0.2, 0.25) is 0 Å².